The molecule has 144 valence electrons. The molecule has 7 heteroatoms. The average Bonchev–Trinajstić information content (AvgIpc) is 2.70. The van der Waals surface area contributed by atoms with Gasteiger partial charge in [-0.25, -0.2) is 4.99 Å². The zero-order chi connectivity index (χ0) is 19.6. The SMILES string of the molecule is CCNC(=NCc1ccc(OC)c(OC)c1)NCc1ccc(C(N)=O)cc1. The highest BCUT2D eigenvalue weighted by Crippen LogP contribution is 2.27. The predicted octanol–water partition coefficient (Wildman–Crippen LogP) is 2.06. The van der Waals surface area contributed by atoms with Crippen LogP contribution in [0.25, 0.3) is 0 Å². The summed E-state index contributed by atoms with van der Waals surface area (Å²) in [7, 11) is 3.22. The van der Waals surface area contributed by atoms with E-state index in [-0.39, 0.29) is 0 Å². The molecule has 0 bridgehead atoms. The lowest BCUT2D eigenvalue weighted by Gasteiger charge is -2.12. The molecule has 0 saturated carbocycles. The smallest absolute Gasteiger partial charge is 0.248 e. The molecule has 0 aliphatic carbocycles. The van der Waals surface area contributed by atoms with Gasteiger partial charge in [-0.15, -0.1) is 0 Å². The Morgan fingerprint density at radius 1 is 1.00 bits per heavy atom. The van der Waals surface area contributed by atoms with E-state index in [4.69, 9.17) is 15.2 Å². The zero-order valence-corrected chi connectivity index (χ0v) is 15.9. The molecule has 0 aliphatic heterocycles. The molecule has 0 atom stereocenters. The van der Waals surface area contributed by atoms with Crippen molar-refractivity contribution in [3.05, 3.63) is 59.2 Å². The van der Waals surface area contributed by atoms with E-state index < -0.39 is 5.91 Å². The van der Waals surface area contributed by atoms with E-state index >= 15 is 0 Å². The van der Waals surface area contributed by atoms with Crippen molar-refractivity contribution in [3.8, 4) is 11.5 Å². The quantitative estimate of drug-likeness (QED) is 0.488. The molecule has 0 aromatic heterocycles. The molecule has 2 aromatic rings. The third-order valence-corrected chi connectivity index (χ3v) is 3.91. The van der Waals surface area contributed by atoms with Gasteiger partial charge in [-0.1, -0.05) is 18.2 Å². The highest BCUT2D eigenvalue weighted by molar-refractivity contribution is 5.92. The largest absolute Gasteiger partial charge is 0.493 e. The number of nitrogens with two attached hydrogens (primary N) is 1. The van der Waals surface area contributed by atoms with Crippen LogP contribution in [-0.2, 0) is 13.1 Å². The van der Waals surface area contributed by atoms with Crippen molar-refractivity contribution in [3.63, 3.8) is 0 Å². The van der Waals surface area contributed by atoms with E-state index in [1.807, 2.05) is 37.3 Å². The topological polar surface area (TPSA) is 98.0 Å². The standard InChI is InChI=1S/C20H26N4O3/c1-4-22-20(23-12-14-5-8-16(9-6-14)19(21)25)24-13-15-7-10-17(26-2)18(11-15)27-3/h5-11H,4,12-13H2,1-3H3,(H2,21,25)(H2,22,23,24). The van der Waals surface area contributed by atoms with E-state index in [9.17, 15) is 4.79 Å². The Bertz CT molecular complexity index is 788. The number of carbonyl (C=O) groups excluding carboxylic acids is 1. The number of nitrogens with zero attached hydrogens (tertiary/aromatic N) is 1. The van der Waals surface area contributed by atoms with Gasteiger partial charge in [0.25, 0.3) is 0 Å². The maximum atomic E-state index is 11.1. The van der Waals surface area contributed by atoms with Gasteiger partial charge in [0.2, 0.25) is 5.91 Å². The predicted molar refractivity (Wildman–Crippen MR) is 106 cm³/mol. The number of rotatable bonds is 8. The van der Waals surface area contributed by atoms with E-state index in [0.717, 1.165) is 17.7 Å². The number of nitrogens with one attached hydrogen (secondary N) is 2. The number of benzene rings is 2. The van der Waals surface area contributed by atoms with Crippen molar-refractivity contribution in [1.29, 1.82) is 0 Å². The molecule has 0 unspecified atom stereocenters. The number of guanidine groups is 1. The minimum absolute atomic E-state index is 0.431. The Morgan fingerprint density at radius 3 is 2.26 bits per heavy atom. The van der Waals surface area contributed by atoms with Gasteiger partial charge in [-0.3, -0.25) is 4.79 Å². The first-order valence-electron chi connectivity index (χ1n) is 8.69. The van der Waals surface area contributed by atoms with Crippen LogP contribution in [0, 0.1) is 0 Å². The summed E-state index contributed by atoms with van der Waals surface area (Å²) in [5.74, 6) is 1.64. The number of hydrogen-bond acceptors (Lipinski definition) is 4. The van der Waals surface area contributed by atoms with Gasteiger partial charge in [0.05, 0.1) is 20.8 Å². The first kappa shape index (κ1) is 20.1. The maximum Gasteiger partial charge on any atom is 0.248 e. The van der Waals surface area contributed by atoms with Crippen LogP contribution in [0.5, 0.6) is 11.5 Å². The Kier molecular flexibility index (Phi) is 7.49. The van der Waals surface area contributed by atoms with E-state index in [1.54, 1.807) is 26.4 Å². The fourth-order valence-electron chi connectivity index (χ4n) is 2.46. The fourth-order valence-corrected chi connectivity index (χ4v) is 2.46. The summed E-state index contributed by atoms with van der Waals surface area (Å²) in [6, 6.07) is 12.9. The highest BCUT2D eigenvalue weighted by atomic mass is 16.5. The summed E-state index contributed by atoms with van der Waals surface area (Å²) in [6.07, 6.45) is 0. The molecular weight excluding hydrogens is 344 g/mol. The zero-order valence-electron chi connectivity index (χ0n) is 15.9. The Balaban J connectivity index is 2.02. The van der Waals surface area contributed by atoms with Crippen LogP contribution < -0.4 is 25.8 Å². The first-order chi connectivity index (χ1) is 13.1. The second kappa shape index (κ2) is 10.1. The molecule has 4 N–H and O–H groups in total. The van der Waals surface area contributed by atoms with Crippen LogP contribution in [0.1, 0.15) is 28.4 Å². The molecule has 0 aliphatic rings. The van der Waals surface area contributed by atoms with Crippen LogP contribution >= 0.6 is 0 Å². The number of methoxy groups -OCH3 is 2. The van der Waals surface area contributed by atoms with Gasteiger partial charge >= 0.3 is 0 Å². The van der Waals surface area contributed by atoms with Gasteiger partial charge in [0.1, 0.15) is 0 Å². The summed E-state index contributed by atoms with van der Waals surface area (Å²) < 4.78 is 10.6. The second-order valence-corrected chi connectivity index (χ2v) is 5.80. The van der Waals surface area contributed by atoms with Crippen molar-refractivity contribution < 1.29 is 14.3 Å². The molecule has 0 saturated heterocycles. The highest BCUT2D eigenvalue weighted by Gasteiger charge is 2.05. The van der Waals surface area contributed by atoms with E-state index in [1.165, 1.54) is 0 Å². The normalized spacial score (nSPS) is 11.0. The van der Waals surface area contributed by atoms with Gasteiger partial charge in [-0.05, 0) is 42.3 Å². The van der Waals surface area contributed by atoms with Crippen LogP contribution in [-0.4, -0.2) is 32.6 Å². The molecule has 1 amide bonds. The number of ether oxygens (including phenoxy) is 2. The number of hydrogen-bond donors (Lipinski definition) is 3. The lowest BCUT2D eigenvalue weighted by Crippen LogP contribution is -2.36. The molecule has 2 rings (SSSR count). The van der Waals surface area contributed by atoms with Gasteiger partial charge in [0, 0.05) is 18.7 Å². The summed E-state index contributed by atoms with van der Waals surface area (Å²) in [4.78, 5) is 15.7. The third kappa shape index (κ3) is 5.91. The van der Waals surface area contributed by atoms with Crippen molar-refractivity contribution >= 4 is 11.9 Å². The summed E-state index contributed by atoms with van der Waals surface area (Å²) in [5.41, 5.74) is 7.79. The molecular formula is C20H26N4O3. The van der Waals surface area contributed by atoms with Crippen LogP contribution in [0.15, 0.2) is 47.5 Å². The molecule has 2 aromatic carbocycles. The van der Waals surface area contributed by atoms with Crippen LogP contribution in [0.4, 0.5) is 0 Å². The van der Waals surface area contributed by atoms with Gasteiger partial charge in [-0.2, -0.15) is 0 Å². The van der Waals surface area contributed by atoms with Crippen molar-refractivity contribution in [1.82, 2.24) is 10.6 Å². The monoisotopic (exact) mass is 370 g/mol. The van der Waals surface area contributed by atoms with Crippen LogP contribution in [0.2, 0.25) is 0 Å². The number of carbonyl (C=O) groups is 1. The molecule has 0 fully saturated rings. The summed E-state index contributed by atoms with van der Waals surface area (Å²) in [6.45, 7) is 3.83. The minimum Gasteiger partial charge on any atom is -0.493 e. The molecule has 0 radical (unpaired) electrons. The van der Waals surface area contributed by atoms with E-state index in [2.05, 4.69) is 15.6 Å². The number of aliphatic imine (C=N–C) groups is 1. The Morgan fingerprint density at radius 2 is 1.67 bits per heavy atom. The summed E-state index contributed by atoms with van der Waals surface area (Å²) >= 11 is 0. The minimum atomic E-state index is -0.431. The molecule has 0 spiro atoms. The fraction of sp³-hybridized carbons (Fsp3) is 0.300. The maximum absolute atomic E-state index is 11.1. The van der Waals surface area contributed by atoms with Crippen molar-refractivity contribution in [2.45, 2.75) is 20.0 Å². The molecule has 0 heterocycles. The molecule has 7 nitrogen and oxygen atoms in total. The van der Waals surface area contributed by atoms with Gasteiger partial charge < -0.3 is 25.8 Å². The average molecular weight is 370 g/mol. The second-order valence-electron chi connectivity index (χ2n) is 5.80. The first-order valence-corrected chi connectivity index (χ1v) is 8.69. The Hall–Kier alpha value is -3.22. The van der Waals surface area contributed by atoms with Crippen LogP contribution in [0.3, 0.4) is 0 Å². The lowest BCUT2D eigenvalue weighted by atomic mass is 10.1. The lowest BCUT2D eigenvalue weighted by molar-refractivity contribution is 0.100. The van der Waals surface area contributed by atoms with Gasteiger partial charge in [0.15, 0.2) is 17.5 Å². The Labute approximate surface area is 159 Å². The third-order valence-electron chi connectivity index (χ3n) is 3.91. The molecule has 27 heavy (non-hydrogen) atoms. The number of primary amides is 1. The van der Waals surface area contributed by atoms with E-state index in [0.29, 0.717) is 36.1 Å². The summed E-state index contributed by atoms with van der Waals surface area (Å²) in [5, 5.41) is 6.49. The number of amides is 1. The van der Waals surface area contributed by atoms with Crippen molar-refractivity contribution in [2.75, 3.05) is 20.8 Å². The van der Waals surface area contributed by atoms with Crippen molar-refractivity contribution in [2.24, 2.45) is 10.7 Å².